The van der Waals surface area contributed by atoms with Crippen molar-refractivity contribution in [1.29, 1.82) is 0 Å². The quantitative estimate of drug-likeness (QED) is 0.609. The number of rotatable bonds is 2. The molecule has 0 amide bonds. The summed E-state index contributed by atoms with van der Waals surface area (Å²) in [6.45, 7) is 1.97. The lowest BCUT2D eigenvalue weighted by molar-refractivity contribution is 0.425. The third kappa shape index (κ3) is 2.39. The zero-order valence-electron chi connectivity index (χ0n) is 13.7. The van der Waals surface area contributed by atoms with Crippen LogP contribution in [0.15, 0.2) is 57.8 Å². The molecule has 0 aliphatic carbocycles. The maximum Gasteiger partial charge on any atom is 0.267 e. The van der Waals surface area contributed by atoms with Crippen LogP contribution in [-0.2, 0) is 7.05 Å². The highest BCUT2D eigenvalue weighted by Gasteiger charge is 2.21. The van der Waals surface area contributed by atoms with Crippen molar-refractivity contribution in [2.45, 2.75) is 6.92 Å². The number of fused-ring (bicyclic) bond motifs is 1. The van der Waals surface area contributed by atoms with E-state index in [1.165, 1.54) is 4.57 Å². The summed E-state index contributed by atoms with van der Waals surface area (Å²) in [4.78, 5) is 17.0. The van der Waals surface area contributed by atoms with Crippen molar-refractivity contribution < 1.29 is 9.63 Å². The number of aromatic hydroxyl groups is 1. The van der Waals surface area contributed by atoms with Crippen molar-refractivity contribution in [2.24, 2.45) is 7.05 Å². The van der Waals surface area contributed by atoms with Gasteiger partial charge in [0.15, 0.2) is 0 Å². The maximum absolute atomic E-state index is 12.7. The second kappa shape index (κ2) is 5.59. The molecule has 25 heavy (non-hydrogen) atoms. The van der Waals surface area contributed by atoms with Crippen LogP contribution in [0.3, 0.4) is 0 Å². The van der Waals surface area contributed by atoms with Crippen LogP contribution in [0, 0.1) is 6.92 Å². The molecule has 0 spiro atoms. The molecule has 0 saturated carbocycles. The van der Waals surface area contributed by atoms with Crippen molar-refractivity contribution in [3.63, 3.8) is 0 Å². The minimum Gasteiger partial charge on any atom is -0.506 e. The molecule has 124 valence electrons. The maximum atomic E-state index is 12.7. The molecule has 1 N–H and O–H groups in total. The van der Waals surface area contributed by atoms with E-state index in [1.54, 1.807) is 25.2 Å². The lowest BCUT2D eigenvalue weighted by Gasteiger charge is -2.09. The van der Waals surface area contributed by atoms with Gasteiger partial charge in [0.05, 0.1) is 5.52 Å². The summed E-state index contributed by atoms with van der Waals surface area (Å²) >= 11 is 0. The summed E-state index contributed by atoms with van der Waals surface area (Å²) in [6, 6.07) is 14.8. The average Bonchev–Trinajstić information content (AvgIpc) is 3.10. The zero-order chi connectivity index (χ0) is 17.6. The standard InChI is InChI=1S/C19H15N3O3/c1-11-6-5-7-12(10-11)17-20-18(25-21-17)15-16(23)13-8-3-4-9-14(13)22(2)19(15)24/h3-10,23H,1-2H3. The molecular formula is C19H15N3O3. The predicted octanol–water partition coefficient (Wildman–Crippen LogP) is 3.27. The number of hydrogen-bond donors (Lipinski definition) is 1. The Kier molecular flexibility index (Phi) is 3.39. The van der Waals surface area contributed by atoms with Crippen molar-refractivity contribution in [3.05, 3.63) is 64.4 Å². The van der Waals surface area contributed by atoms with Crippen molar-refractivity contribution >= 4 is 10.9 Å². The van der Waals surface area contributed by atoms with E-state index in [1.807, 2.05) is 37.3 Å². The van der Waals surface area contributed by atoms with Crippen LogP contribution in [0.5, 0.6) is 5.75 Å². The van der Waals surface area contributed by atoms with Gasteiger partial charge in [-0.2, -0.15) is 4.98 Å². The number of benzene rings is 2. The molecule has 4 aromatic rings. The van der Waals surface area contributed by atoms with E-state index in [4.69, 9.17) is 4.52 Å². The molecule has 2 aromatic heterocycles. The third-order valence-corrected chi connectivity index (χ3v) is 4.19. The fourth-order valence-electron chi connectivity index (χ4n) is 2.90. The fourth-order valence-corrected chi connectivity index (χ4v) is 2.90. The van der Waals surface area contributed by atoms with Crippen LogP contribution in [-0.4, -0.2) is 19.8 Å². The third-order valence-electron chi connectivity index (χ3n) is 4.19. The normalized spacial score (nSPS) is 11.1. The monoisotopic (exact) mass is 333 g/mol. The molecule has 6 nitrogen and oxygen atoms in total. The summed E-state index contributed by atoms with van der Waals surface area (Å²) in [5.74, 6) is 0.215. The van der Waals surface area contributed by atoms with Gasteiger partial charge in [0, 0.05) is 18.0 Å². The highest BCUT2D eigenvalue weighted by molar-refractivity contribution is 5.90. The van der Waals surface area contributed by atoms with E-state index < -0.39 is 5.56 Å². The number of hydrogen-bond acceptors (Lipinski definition) is 5. The van der Waals surface area contributed by atoms with Crippen LogP contribution in [0.4, 0.5) is 0 Å². The molecule has 6 heteroatoms. The summed E-state index contributed by atoms with van der Waals surface area (Å²) in [6.07, 6.45) is 0. The number of para-hydroxylation sites is 1. The minimum absolute atomic E-state index is 0.000333. The molecular weight excluding hydrogens is 318 g/mol. The summed E-state index contributed by atoms with van der Waals surface area (Å²) in [5.41, 5.74) is 2.09. The van der Waals surface area contributed by atoms with Crippen LogP contribution in [0.2, 0.25) is 0 Å². The van der Waals surface area contributed by atoms with Gasteiger partial charge in [0.1, 0.15) is 11.3 Å². The van der Waals surface area contributed by atoms with Crippen LogP contribution in [0.25, 0.3) is 33.7 Å². The van der Waals surface area contributed by atoms with Crippen LogP contribution >= 0.6 is 0 Å². The zero-order valence-corrected chi connectivity index (χ0v) is 13.7. The van der Waals surface area contributed by atoms with Crippen LogP contribution in [0.1, 0.15) is 5.56 Å². The van der Waals surface area contributed by atoms with E-state index in [9.17, 15) is 9.90 Å². The molecule has 0 radical (unpaired) electrons. The first-order valence-electron chi connectivity index (χ1n) is 7.78. The number of aromatic nitrogens is 3. The van der Waals surface area contributed by atoms with Gasteiger partial charge in [-0.05, 0) is 25.1 Å². The first-order chi connectivity index (χ1) is 12.1. The molecule has 2 aromatic carbocycles. The Morgan fingerprint density at radius 3 is 2.72 bits per heavy atom. The van der Waals surface area contributed by atoms with Crippen molar-refractivity contribution in [2.75, 3.05) is 0 Å². The number of nitrogens with zero attached hydrogens (tertiary/aromatic N) is 3. The van der Waals surface area contributed by atoms with Gasteiger partial charge < -0.3 is 14.2 Å². The molecule has 0 fully saturated rings. The number of pyridine rings is 1. The van der Waals surface area contributed by atoms with E-state index in [0.717, 1.165) is 11.1 Å². The summed E-state index contributed by atoms with van der Waals surface area (Å²) in [5, 5.41) is 15.1. The van der Waals surface area contributed by atoms with Gasteiger partial charge in [0.2, 0.25) is 5.82 Å². The lowest BCUT2D eigenvalue weighted by atomic mass is 10.1. The van der Waals surface area contributed by atoms with Crippen molar-refractivity contribution in [3.8, 4) is 28.6 Å². The predicted molar refractivity (Wildman–Crippen MR) is 94.3 cm³/mol. The highest BCUT2D eigenvalue weighted by atomic mass is 16.5. The highest BCUT2D eigenvalue weighted by Crippen LogP contribution is 2.32. The Labute approximate surface area is 143 Å². The van der Waals surface area contributed by atoms with E-state index in [2.05, 4.69) is 10.1 Å². The first-order valence-corrected chi connectivity index (χ1v) is 7.78. The molecule has 0 saturated heterocycles. The van der Waals surface area contributed by atoms with Crippen LogP contribution < -0.4 is 5.56 Å². The molecule has 2 heterocycles. The molecule has 0 aliphatic rings. The molecule has 4 rings (SSSR count). The molecule has 0 aliphatic heterocycles. The van der Waals surface area contributed by atoms with Gasteiger partial charge in [-0.3, -0.25) is 4.79 Å². The van der Waals surface area contributed by atoms with Gasteiger partial charge in [-0.15, -0.1) is 0 Å². The average molecular weight is 333 g/mol. The summed E-state index contributed by atoms with van der Waals surface area (Å²) in [7, 11) is 1.64. The Morgan fingerprint density at radius 1 is 1.12 bits per heavy atom. The smallest absolute Gasteiger partial charge is 0.267 e. The topological polar surface area (TPSA) is 81.2 Å². The second-order valence-corrected chi connectivity index (χ2v) is 5.90. The van der Waals surface area contributed by atoms with Gasteiger partial charge in [0.25, 0.3) is 11.4 Å². The Morgan fingerprint density at radius 2 is 1.92 bits per heavy atom. The van der Waals surface area contributed by atoms with E-state index >= 15 is 0 Å². The van der Waals surface area contributed by atoms with E-state index in [-0.39, 0.29) is 17.2 Å². The molecule has 0 unspecified atom stereocenters. The SMILES string of the molecule is Cc1cccc(-c2noc(-c3c(O)c4ccccc4n(C)c3=O)n2)c1. The Balaban J connectivity index is 1.93. The van der Waals surface area contributed by atoms with Gasteiger partial charge in [-0.25, -0.2) is 0 Å². The largest absolute Gasteiger partial charge is 0.506 e. The Hall–Kier alpha value is -3.41. The second-order valence-electron chi connectivity index (χ2n) is 5.90. The minimum atomic E-state index is -0.393. The van der Waals surface area contributed by atoms with Gasteiger partial charge in [-0.1, -0.05) is 41.1 Å². The van der Waals surface area contributed by atoms with E-state index in [0.29, 0.717) is 16.7 Å². The fraction of sp³-hybridized carbons (Fsp3) is 0.105. The Bertz CT molecular complexity index is 1160. The molecule has 0 atom stereocenters. The van der Waals surface area contributed by atoms with Crippen molar-refractivity contribution in [1.82, 2.24) is 14.7 Å². The molecule has 0 bridgehead atoms. The first kappa shape index (κ1) is 15.1. The van der Waals surface area contributed by atoms with Gasteiger partial charge >= 0.3 is 0 Å². The summed E-state index contributed by atoms with van der Waals surface area (Å²) < 4.78 is 6.74. The number of aryl methyl sites for hydroxylation is 2. The lowest BCUT2D eigenvalue weighted by Crippen LogP contribution is -2.19.